The average Bonchev–Trinajstić information content (AvgIpc) is 2.61. The van der Waals surface area contributed by atoms with Gasteiger partial charge in [-0.25, -0.2) is 0 Å². The molecule has 0 amide bonds. The van der Waals surface area contributed by atoms with Crippen LogP contribution in [0.5, 0.6) is 0 Å². The van der Waals surface area contributed by atoms with Crippen molar-refractivity contribution < 1.29 is 9.84 Å². The van der Waals surface area contributed by atoms with Gasteiger partial charge >= 0.3 is 0 Å². The van der Waals surface area contributed by atoms with Crippen LogP contribution in [0.4, 0.5) is 0 Å². The predicted octanol–water partition coefficient (Wildman–Crippen LogP) is 0.916. The monoisotopic (exact) mass is 140 g/mol. The maximum atomic E-state index is 9.38. The quantitative estimate of drug-likeness (QED) is 0.507. The molecule has 0 aromatic rings. The van der Waals surface area contributed by atoms with Crippen LogP contribution in [0.2, 0.25) is 0 Å². The number of ether oxygens (including phenoxy) is 1. The van der Waals surface area contributed by atoms with E-state index >= 15 is 0 Å². The van der Waals surface area contributed by atoms with Gasteiger partial charge in [0.2, 0.25) is 0 Å². The Morgan fingerprint density at radius 1 is 1.40 bits per heavy atom. The number of rotatable bonds is 0. The summed E-state index contributed by atoms with van der Waals surface area (Å²) in [5.74, 6) is 0.433. The molecule has 0 aromatic carbocycles. The molecule has 1 aliphatic heterocycles. The molecule has 2 rings (SSSR count). The van der Waals surface area contributed by atoms with Crippen LogP contribution in [-0.4, -0.2) is 17.5 Å². The second kappa shape index (κ2) is 1.63. The summed E-state index contributed by atoms with van der Waals surface area (Å²) in [6, 6.07) is 0. The Bertz CT molecular complexity index is 180. The van der Waals surface area contributed by atoms with Crippen molar-refractivity contribution >= 4 is 0 Å². The molecular weight excluding hydrogens is 128 g/mol. The summed E-state index contributed by atoms with van der Waals surface area (Å²) in [4.78, 5) is 0. The van der Waals surface area contributed by atoms with Crippen LogP contribution in [-0.2, 0) is 4.74 Å². The van der Waals surface area contributed by atoms with Crippen molar-refractivity contribution in [2.45, 2.75) is 26.2 Å². The van der Waals surface area contributed by atoms with Crippen molar-refractivity contribution in [2.24, 2.45) is 11.3 Å². The van der Waals surface area contributed by atoms with Gasteiger partial charge < -0.3 is 9.84 Å². The van der Waals surface area contributed by atoms with E-state index in [0.29, 0.717) is 5.92 Å². The Kier molecular flexibility index (Phi) is 1.04. The Labute approximate surface area is 60.5 Å². The van der Waals surface area contributed by atoms with Crippen molar-refractivity contribution in [3.63, 3.8) is 0 Å². The molecule has 56 valence electrons. The molecule has 1 aliphatic carbocycles. The van der Waals surface area contributed by atoms with E-state index in [9.17, 15) is 5.11 Å². The first-order chi connectivity index (χ1) is 4.67. The minimum Gasteiger partial charge on any atom is -0.367 e. The number of hydrogen-bond acceptors (Lipinski definition) is 2. The van der Waals surface area contributed by atoms with Crippen molar-refractivity contribution in [3.8, 4) is 0 Å². The lowest BCUT2D eigenvalue weighted by Crippen LogP contribution is -2.21. The highest BCUT2D eigenvalue weighted by Crippen LogP contribution is 2.52. The second-order valence-electron chi connectivity index (χ2n) is 3.32. The molecule has 1 heterocycles. The summed E-state index contributed by atoms with van der Waals surface area (Å²) in [7, 11) is 0. The van der Waals surface area contributed by atoms with Crippen LogP contribution in [0, 0.1) is 11.3 Å². The van der Waals surface area contributed by atoms with Gasteiger partial charge in [-0.05, 0) is 12.8 Å². The number of hydrogen-bond donors (Lipinski definition) is 1. The molecule has 2 nitrogen and oxygen atoms in total. The van der Waals surface area contributed by atoms with Crippen molar-refractivity contribution in [1.82, 2.24) is 0 Å². The maximum Gasteiger partial charge on any atom is 0.167 e. The third kappa shape index (κ3) is 0.559. The fourth-order valence-electron chi connectivity index (χ4n) is 1.63. The zero-order chi connectivity index (χ0) is 7.35. The minimum atomic E-state index is -0.586. The van der Waals surface area contributed by atoms with Gasteiger partial charge in [-0.1, -0.05) is 19.1 Å². The lowest BCUT2D eigenvalue weighted by molar-refractivity contribution is -0.104. The van der Waals surface area contributed by atoms with E-state index in [0.717, 1.165) is 0 Å². The van der Waals surface area contributed by atoms with Gasteiger partial charge in [0.25, 0.3) is 0 Å². The summed E-state index contributed by atoms with van der Waals surface area (Å²) in [6.07, 6.45) is 3.67. The first-order valence-corrected chi connectivity index (χ1v) is 3.71. The van der Waals surface area contributed by atoms with E-state index in [1.54, 1.807) is 0 Å². The zero-order valence-electron chi connectivity index (χ0n) is 6.24. The SMILES string of the molecule is CC1[C@@H](C)O[C@@H](O)C12C=C2. The molecule has 0 radical (unpaired) electrons. The largest absolute Gasteiger partial charge is 0.367 e. The molecule has 2 aliphatic rings. The molecule has 0 saturated carbocycles. The van der Waals surface area contributed by atoms with Crippen LogP contribution < -0.4 is 0 Å². The molecule has 0 aromatic heterocycles. The third-order valence-electron chi connectivity index (χ3n) is 2.82. The van der Waals surface area contributed by atoms with E-state index < -0.39 is 6.29 Å². The normalized spacial score (nSPS) is 48.5. The van der Waals surface area contributed by atoms with E-state index in [-0.39, 0.29) is 11.5 Å². The van der Waals surface area contributed by atoms with Gasteiger partial charge in [-0.15, -0.1) is 0 Å². The fraction of sp³-hybridized carbons (Fsp3) is 0.750. The Morgan fingerprint density at radius 3 is 2.20 bits per heavy atom. The molecule has 1 unspecified atom stereocenters. The predicted molar refractivity (Wildman–Crippen MR) is 37.3 cm³/mol. The van der Waals surface area contributed by atoms with Gasteiger partial charge in [-0.2, -0.15) is 0 Å². The summed E-state index contributed by atoms with van der Waals surface area (Å²) < 4.78 is 5.24. The molecule has 2 heteroatoms. The summed E-state index contributed by atoms with van der Waals surface area (Å²) in [5, 5.41) is 9.38. The topological polar surface area (TPSA) is 29.5 Å². The van der Waals surface area contributed by atoms with Crippen LogP contribution in [0.3, 0.4) is 0 Å². The van der Waals surface area contributed by atoms with Gasteiger partial charge in [0, 0.05) is 0 Å². The highest BCUT2D eigenvalue weighted by molar-refractivity contribution is 5.31. The van der Waals surface area contributed by atoms with Gasteiger partial charge in [-0.3, -0.25) is 0 Å². The molecule has 1 N–H and O–H groups in total. The molecular formula is C8H12O2. The van der Waals surface area contributed by atoms with E-state index in [1.165, 1.54) is 0 Å². The minimum absolute atomic E-state index is 0.0839. The highest BCUT2D eigenvalue weighted by Gasteiger charge is 2.55. The summed E-state index contributed by atoms with van der Waals surface area (Å²) >= 11 is 0. The van der Waals surface area contributed by atoms with Crippen LogP contribution >= 0.6 is 0 Å². The lowest BCUT2D eigenvalue weighted by Gasteiger charge is -2.15. The van der Waals surface area contributed by atoms with E-state index in [2.05, 4.69) is 6.92 Å². The molecule has 10 heavy (non-hydrogen) atoms. The third-order valence-corrected chi connectivity index (χ3v) is 2.82. The number of aliphatic hydroxyl groups excluding tert-OH is 1. The number of aliphatic hydroxyl groups is 1. The van der Waals surface area contributed by atoms with E-state index in [4.69, 9.17) is 4.74 Å². The standard InChI is InChI=1S/C8H12O2/c1-5-6(2)10-7(9)8(5)3-4-8/h3-7,9H,1-2H3/t5?,6-,7-/m1/s1. The lowest BCUT2D eigenvalue weighted by atomic mass is 9.87. The average molecular weight is 140 g/mol. The molecule has 1 spiro atoms. The molecule has 0 bridgehead atoms. The molecule has 1 fully saturated rings. The Morgan fingerprint density at radius 2 is 2.00 bits per heavy atom. The first kappa shape index (κ1) is 6.38. The van der Waals surface area contributed by atoms with Crippen molar-refractivity contribution in [1.29, 1.82) is 0 Å². The van der Waals surface area contributed by atoms with Crippen LogP contribution in [0.1, 0.15) is 13.8 Å². The van der Waals surface area contributed by atoms with Crippen molar-refractivity contribution in [3.05, 3.63) is 12.2 Å². The second-order valence-corrected chi connectivity index (χ2v) is 3.32. The van der Waals surface area contributed by atoms with E-state index in [1.807, 2.05) is 19.1 Å². The molecule has 1 saturated heterocycles. The van der Waals surface area contributed by atoms with Crippen LogP contribution in [0.25, 0.3) is 0 Å². The summed E-state index contributed by atoms with van der Waals surface area (Å²) in [6.45, 7) is 4.11. The van der Waals surface area contributed by atoms with Gasteiger partial charge in [0.05, 0.1) is 11.5 Å². The van der Waals surface area contributed by atoms with Crippen molar-refractivity contribution in [2.75, 3.05) is 0 Å². The van der Waals surface area contributed by atoms with Gasteiger partial charge in [0.15, 0.2) is 6.29 Å². The highest BCUT2D eigenvalue weighted by atomic mass is 16.6. The Balaban J connectivity index is 2.20. The molecule has 3 atom stereocenters. The Hall–Kier alpha value is -0.340. The smallest absolute Gasteiger partial charge is 0.167 e. The fourth-order valence-corrected chi connectivity index (χ4v) is 1.63. The summed E-state index contributed by atoms with van der Waals surface area (Å²) in [5.41, 5.74) is -0.0839. The zero-order valence-corrected chi connectivity index (χ0v) is 6.24. The van der Waals surface area contributed by atoms with Gasteiger partial charge in [0.1, 0.15) is 0 Å². The first-order valence-electron chi connectivity index (χ1n) is 3.71. The van der Waals surface area contributed by atoms with Crippen LogP contribution in [0.15, 0.2) is 12.2 Å². The maximum absolute atomic E-state index is 9.38.